The van der Waals surface area contributed by atoms with Gasteiger partial charge < -0.3 is 4.74 Å². The van der Waals surface area contributed by atoms with Crippen LogP contribution in [-0.4, -0.2) is 58.7 Å². The fourth-order valence-electron chi connectivity index (χ4n) is 2.77. The summed E-state index contributed by atoms with van der Waals surface area (Å²) >= 11 is 0. The molecule has 0 spiro atoms. The van der Waals surface area contributed by atoms with Gasteiger partial charge in [-0.1, -0.05) is 32.9 Å². The first kappa shape index (κ1) is 26.6. The van der Waals surface area contributed by atoms with Crippen molar-refractivity contribution in [2.24, 2.45) is 0 Å². The number of amides is 3. The van der Waals surface area contributed by atoms with Crippen molar-refractivity contribution in [3.63, 3.8) is 0 Å². The molecule has 0 bridgehead atoms. The molecule has 0 aliphatic heterocycles. The molecule has 13 nitrogen and oxygen atoms in total. The second-order valence-electron chi connectivity index (χ2n) is 8.88. The largest absolute Gasteiger partial charge is 0.444 e. The lowest BCUT2D eigenvalue weighted by Crippen LogP contribution is -2.39. The Balaban J connectivity index is 1.74. The lowest BCUT2D eigenvalue weighted by atomic mass is 9.92. The summed E-state index contributed by atoms with van der Waals surface area (Å²) in [6, 6.07) is 9.72. The third-order valence-electron chi connectivity index (χ3n) is 4.79. The summed E-state index contributed by atoms with van der Waals surface area (Å²) < 4.78 is 32.6. The van der Waals surface area contributed by atoms with Crippen molar-refractivity contribution in [2.75, 3.05) is 24.7 Å². The Morgan fingerprint density at radius 1 is 1.08 bits per heavy atom. The number of nitrogens with one attached hydrogen (secondary N) is 3. The first-order valence-electron chi connectivity index (χ1n) is 10.8. The summed E-state index contributed by atoms with van der Waals surface area (Å²) in [7, 11) is -1.36. The van der Waals surface area contributed by atoms with E-state index in [9.17, 15) is 18.0 Å². The van der Waals surface area contributed by atoms with Gasteiger partial charge in [0.2, 0.25) is 0 Å². The fourth-order valence-corrected chi connectivity index (χ4v) is 3.22. The monoisotopic (exact) mass is 516 g/mol. The lowest BCUT2D eigenvalue weighted by molar-refractivity contribution is 0.145. The summed E-state index contributed by atoms with van der Waals surface area (Å²) in [4.78, 5) is 32.1. The van der Waals surface area contributed by atoms with E-state index in [1.54, 1.807) is 45.8 Å². The Morgan fingerprint density at radius 2 is 1.78 bits per heavy atom. The van der Waals surface area contributed by atoms with E-state index in [4.69, 9.17) is 4.74 Å². The Bertz CT molecular complexity index is 1320. The molecule has 0 atom stereocenters. The van der Waals surface area contributed by atoms with Crippen LogP contribution in [0.3, 0.4) is 0 Å². The van der Waals surface area contributed by atoms with Crippen LogP contribution in [0.15, 0.2) is 48.9 Å². The first-order chi connectivity index (χ1) is 16.8. The first-order valence-corrected chi connectivity index (χ1v) is 12.2. The average Bonchev–Trinajstić information content (AvgIpc) is 3.22. The van der Waals surface area contributed by atoms with Crippen LogP contribution in [0.1, 0.15) is 32.0 Å². The van der Waals surface area contributed by atoms with Crippen LogP contribution in [0.25, 0.3) is 5.69 Å². The molecule has 2 aromatic heterocycles. The van der Waals surface area contributed by atoms with Gasteiger partial charge in [-0.15, -0.1) is 0 Å². The Hall–Kier alpha value is -4.04. The molecular weight excluding hydrogens is 488 g/mol. The molecule has 3 amide bonds. The highest BCUT2D eigenvalue weighted by atomic mass is 32.2. The number of hydrogen-bond acceptors (Lipinski definition) is 8. The zero-order chi connectivity index (χ0) is 26.5. The van der Waals surface area contributed by atoms with Gasteiger partial charge in [-0.2, -0.15) is 17.8 Å². The number of nitrogens with zero attached hydrogens (tertiary/aromatic N) is 5. The predicted molar refractivity (Wildman–Crippen MR) is 133 cm³/mol. The van der Waals surface area contributed by atoms with Gasteiger partial charge in [-0.25, -0.2) is 29.0 Å². The van der Waals surface area contributed by atoms with Gasteiger partial charge in [0.15, 0.2) is 0 Å². The van der Waals surface area contributed by atoms with E-state index in [-0.39, 0.29) is 12.0 Å². The summed E-state index contributed by atoms with van der Waals surface area (Å²) in [6.07, 6.45) is 1.75. The number of anilines is 2. The molecule has 0 unspecified atom stereocenters. The zero-order valence-corrected chi connectivity index (χ0v) is 21.3. The van der Waals surface area contributed by atoms with Gasteiger partial charge >= 0.3 is 22.3 Å². The van der Waals surface area contributed by atoms with Crippen LogP contribution < -0.4 is 15.4 Å². The van der Waals surface area contributed by atoms with Gasteiger partial charge in [0.1, 0.15) is 24.6 Å². The number of ether oxygens (including phenoxy) is 1. The van der Waals surface area contributed by atoms with Crippen LogP contribution in [0.2, 0.25) is 0 Å². The van der Waals surface area contributed by atoms with E-state index in [0.29, 0.717) is 22.9 Å². The smallest absolute Gasteiger partial charge is 0.422 e. The third kappa shape index (κ3) is 6.99. The van der Waals surface area contributed by atoms with Crippen LogP contribution in [-0.2, 0) is 27.0 Å². The Morgan fingerprint density at radius 3 is 2.36 bits per heavy atom. The van der Waals surface area contributed by atoms with E-state index in [0.717, 1.165) is 10.00 Å². The predicted octanol–water partition coefficient (Wildman–Crippen LogP) is 2.64. The molecule has 0 fully saturated rings. The minimum atomic E-state index is -3.94. The van der Waals surface area contributed by atoms with E-state index in [2.05, 4.69) is 25.7 Å². The van der Waals surface area contributed by atoms with Crippen LogP contribution in [0.5, 0.6) is 0 Å². The standard InChI is InChI=1S/C22H28N8O5S/c1-22(2,3)17-12-19(26-20(31)25-18-10-11-23-14-24-18)30(27-17)16-8-6-15(7-9-16)13-35-21(32)28-36(33,34)29(4)5/h6-12,14H,13H2,1-5H3,(H,28,32)(H2,23,24,25,26,31). The summed E-state index contributed by atoms with van der Waals surface area (Å²) in [5.41, 5.74) is 1.74. The maximum absolute atomic E-state index is 12.5. The van der Waals surface area contributed by atoms with Crippen molar-refractivity contribution < 1.29 is 22.7 Å². The zero-order valence-electron chi connectivity index (χ0n) is 20.5. The van der Waals surface area contributed by atoms with Gasteiger partial charge in [0.25, 0.3) is 0 Å². The van der Waals surface area contributed by atoms with Gasteiger partial charge in [0, 0.05) is 31.8 Å². The van der Waals surface area contributed by atoms with Crippen molar-refractivity contribution in [3.05, 3.63) is 60.2 Å². The van der Waals surface area contributed by atoms with Crippen LogP contribution in [0.4, 0.5) is 21.2 Å². The molecule has 2 heterocycles. The number of urea groups is 1. The molecule has 0 aliphatic carbocycles. The van der Waals surface area contributed by atoms with Crippen molar-refractivity contribution in [3.8, 4) is 5.69 Å². The molecule has 3 rings (SSSR count). The minimum absolute atomic E-state index is 0.145. The van der Waals surface area contributed by atoms with E-state index in [1.807, 2.05) is 20.8 Å². The highest BCUT2D eigenvalue weighted by molar-refractivity contribution is 7.87. The molecule has 36 heavy (non-hydrogen) atoms. The number of carbonyl (C=O) groups is 2. The highest BCUT2D eigenvalue weighted by Crippen LogP contribution is 2.26. The van der Waals surface area contributed by atoms with Gasteiger partial charge in [0.05, 0.1) is 11.4 Å². The number of carbonyl (C=O) groups excluding carboxylic acids is 2. The van der Waals surface area contributed by atoms with E-state index in [1.165, 1.54) is 26.6 Å². The van der Waals surface area contributed by atoms with Crippen LogP contribution in [0, 0.1) is 0 Å². The van der Waals surface area contributed by atoms with Crippen molar-refractivity contribution in [2.45, 2.75) is 32.8 Å². The highest BCUT2D eigenvalue weighted by Gasteiger charge is 2.22. The van der Waals surface area contributed by atoms with E-state index >= 15 is 0 Å². The van der Waals surface area contributed by atoms with Crippen LogP contribution >= 0.6 is 0 Å². The topological polar surface area (TPSA) is 160 Å². The number of rotatable bonds is 7. The summed E-state index contributed by atoms with van der Waals surface area (Å²) in [5.74, 6) is 0.778. The molecule has 3 aromatic rings. The molecule has 0 saturated heterocycles. The number of hydrogen-bond donors (Lipinski definition) is 3. The normalized spacial score (nSPS) is 11.7. The quantitative estimate of drug-likeness (QED) is 0.432. The third-order valence-corrected chi connectivity index (χ3v) is 6.17. The molecule has 3 N–H and O–H groups in total. The SMILES string of the molecule is CN(C)S(=O)(=O)NC(=O)OCc1ccc(-n2nc(C(C)(C)C)cc2NC(=O)Nc2ccncn2)cc1. The van der Waals surface area contributed by atoms with Gasteiger partial charge in [-0.3, -0.25) is 10.6 Å². The molecule has 1 aromatic carbocycles. The molecule has 0 radical (unpaired) electrons. The molecule has 14 heteroatoms. The average molecular weight is 517 g/mol. The second kappa shape index (κ2) is 10.7. The van der Waals surface area contributed by atoms with Crippen molar-refractivity contribution in [1.29, 1.82) is 0 Å². The molecule has 192 valence electrons. The Kier molecular flexibility index (Phi) is 7.90. The van der Waals surface area contributed by atoms with Crippen molar-refractivity contribution in [1.82, 2.24) is 28.8 Å². The lowest BCUT2D eigenvalue weighted by Gasteiger charge is -2.14. The maximum atomic E-state index is 12.5. The minimum Gasteiger partial charge on any atom is -0.444 e. The molecular formula is C22H28N8O5S. The van der Waals surface area contributed by atoms with E-state index < -0.39 is 22.3 Å². The van der Waals surface area contributed by atoms with Crippen molar-refractivity contribution >= 4 is 34.0 Å². The summed E-state index contributed by atoms with van der Waals surface area (Å²) in [6.45, 7) is 5.87. The van der Waals surface area contributed by atoms with Gasteiger partial charge in [-0.05, 0) is 23.8 Å². The molecule has 0 saturated carbocycles. The summed E-state index contributed by atoms with van der Waals surface area (Å²) in [5, 5.41) is 10.1. The number of benzene rings is 1. The number of aromatic nitrogens is 4. The second-order valence-corrected chi connectivity index (χ2v) is 10.8. The molecule has 0 aliphatic rings. The fraction of sp³-hybridized carbons (Fsp3) is 0.318. The Labute approximate surface area is 209 Å². The maximum Gasteiger partial charge on any atom is 0.422 e.